The summed E-state index contributed by atoms with van der Waals surface area (Å²) in [6.07, 6.45) is 0.384. The first-order chi connectivity index (χ1) is 2.27. The van der Waals surface area contributed by atoms with Gasteiger partial charge in [0, 0.05) is 6.42 Å². The molecule has 0 saturated heterocycles. The Hall–Kier alpha value is 0.460. The molecule has 3 nitrogen and oxygen atoms in total. The minimum absolute atomic E-state index is 0. The third-order valence-corrected chi connectivity index (χ3v) is 0.471. The first-order valence-corrected chi connectivity index (χ1v) is 1.78. The summed E-state index contributed by atoms with van der Waals surface area (Å²) in [5.41, 5.74) is 3.31. The molecule has 0 spiro atoms. The summed E-state index contributed by atoms with van der Waals surface area (Å²) in [6, 6.07) is 0. The van der Waals surface area contributed by atoms with Crippen LogP contribution >= 0.6 is 0 Å². The molecule has 0 rings (SSSR count). The normalized spacial score (nSPS) is 9.38. The predicted octanol–water partition coefficient (Wildman–Crippen LogP) is -6.66. The van der Waals surface area contributed by atoms with Gasteiger partial charge in [-0.1, -0.05) is 6.92 Å². The topological polar surface area (TPSA) is 84.4 Å². The Morgan fingerprint density at radius 1 is 1.50 bits per heavy atom. The number of hydrogen-bond acceptors (Lipinski definition) is 1. The van der Waals surface area contributed by atoms with Crippen molar-refractivity contribution >= 4 is 0 Å². The molecule has 0 bridgehead atoms. The molecule has 0 saturated carbocycles. The van der Waals surface area contributed by atoms with E-state index in [4.69, 9.17) is 5.11 Å². The van der Waals surface area contributed by atoms with Crippen molar-refractivity contribution < 1.29 is 35.7 Å². The number of rotatable bonds is 1. The van der Waals surface area contributed by atoms with Crippen molar-refractivity contribution in [1.29, 1.82) is 0 Å². The highest BCUT2D eigenvalue weighted by Crippen LogP contribution is 1.69. The second-order valence-electron chi connectivity index (χ2n) is 1.06. The van der Waals surface area contributed by atoms with E-state index in [1.165, 1.54) is 0 Å². The zero-order chi connectivity index (χ0) is 4.28. The van der Waals surface area contributed by atoms with Gasteiger partial charge in [-0.15, -0.1) is 0 Å². The molecule has 56 valence electrons. The smallest absolute Gasteiger partial charge is 0.185 e. The second kappa shape index (κ2) is 15.7. The molecule has 0 aliphatic carbocycles. The standard InChI is InChI=1S/C3H9NO.2ClH.H3N/c1-2-3(4)5;;;/h3,5H,2,4H2,1H3;2*1H;1H3. The number of halogens is 2. The fourth-order valence-electron chi connectivity index (χ4n) is 0. The van der Waals surface area contributed by atoms with Crippen molar-refractivity contribution in [2.45, 2.75) is 19.6 Å². The summed E-state index contributed by atoms with van der Waals surface area (Å²) in [6.45, 7) is 1.89. The van der Waals surface area contributed by atoms with Crippen LogP contribution < -0.4 is 36.7 Å². The molecule has 5 heteroatoms. The lowest BCUT2D eigenvalue weighted by atomic mass is 10.5. The molecule has 0 aliphatic heterocycles. The molecule has 8 N–H and O–H groups in total. The molecular weight excluding hydrogens is 151 g/mol. The SMILES string of the molecule is CCC([NH3+])O.[Cl-].[Cl-].[NH4+]. The van der Waals surface area contributed by atoms with Gasteiger partial charge in [-0.3, -0.25) is 0 Å². The minimum Gasteiger partial charge on any atom is -1.00 e. The lowest BCUT2D eigenvalue weighted by Gasteiger charge is -1.87. The summed E-state index contributed by atoms with van der Waals surface area (Å²) in [5.74, 6) is 0. The molecule has 0 heterocycles. The van der Waals surface area contributed by atoms with E-state index in [1.54, 1.807) is 0 Å². The molecule has 0 aromatic rings. The van der Waals surface area contributed by atoms with Crippen molar-refractivity contribution in [1.82, 2.24) is 6.15 Å². The van der Waals surface area contributed by atoms with Crippen LogP contribution in [0.2, 0.25) is 0 Å². The van der Waals surface area contributed by atoms with Crippen LogP contribution in [0.1, 0.15) is 13.3 Å². The summed E-state index contributed by atoms with van der Waals surface area (Å²) >= 11 is 0. The van der Waals surface area contributed by atoms with Crippen LogP contribution in [0.3, 0.4) is 0 Å². The van der Waals surface area contributed by atoms with E-state index in [1.807, 2.05) is 6.92 Å². The van der Waals surface area contributed by atoms with E-state index >= 15 is 0 Å². The van der Waals surface area contributed by atoms with Gasteiger partial charge < -0.3 is 41.8 Å². The van der Waals surface area contributed by atoms with Crippen molar-refractivity contribution in [3.63, 3.8) is 0 Å². The Morgan fingerprint density at radius 2 is 1.62 bits per heavy atom. The van der Waals surface area contributed by atoms with Gasteiger partial charge in [0.15, 0.2) is 6.23 Å². The molecule has 0 radical (unpaired) electrons. The lowest BCUT2D eigenvalue weighted by Crippen LogP contribution is -3.00. The minimum atomic E-state index is -0.366. The van der Waals surface area contributed by atoms with Gasteiger partial charge in [0.05, 0.1) is 0 Å². The molecule has 0 aromatic carbocycles. The highest BCUT2D eigenvalue weighted by atomic mass is 35.5. The monoisotopic (exact) mass is 164 g/mol. The summed E-state index contributed by atoms with van der Waals surface area (Å²) in [4.78, 5) is 0. The zero-order valence-electron chi connectivity index (χ0n) is 5.19. The maximum atomic E-state index is 8.25. The Kier molecular flexibility index (Phi) is 46.3. The zero-order valence-corrected chi connectivity index (χ0v) is 6.71. The maximum Gasteiger partial charge on any atom is 0.185 e. The van der Waals surface area contributed by atoms with E-state index in [0.717, 1.165) is 6.42 Å². The molecule has 0 amide bonds. The average molecular weight is 165 g/mol. The summed E-state index contributed by atoms with van der Waals surface area (Å²) in [5, 5.41) is 8.25. The molecule has 0 fully saturated rings. The van der Waals surface area contributed by atoms with Gasteiger partial charge in [0.1, 0.15) is 0 Å². The van der Waals surface area contributed by atoms with Gasteiger partial charge in [0.2, 0.25) is 0 Å². The quantitative estimate of drug-likeness (QED) is 0.331. The van der Waals surface area contributed by atoms with E-state index in [-0.39, 0.29) is 37.2 Å². The Labute approximate surface area is 62.0 Å². The van der Waals surface area contributed by atoms with Gasteiger partial charge in [-0.2, -0.15) is 0 Å². The van der Waals surface area contributed by atoms with E-state index in [2.05, 4.69) is 5.73 Å². The van der Waals surface area contributed by atoms with Gasteiger partial charge in [-0.25, -0.2) is 0 Å². The van der Waals surface area contributed by atoms with Crippen molar-refractivity contribution in [2.75, 3.05) is 0 Å². The molecule has 0 aliphatic rings. The fourth-order valence-corrected chi connectivity index (χ4v) is 0. The Morgan fingerprint density at radius 3 is 1.62 bits per heavy atom. The number of aliphatic hydroxyl groups excluding tert-OH is 1. The van der Waals surface area contributed by atoms with Crippen LogP contribution in [0, 0.1) is 0 Å². The van der Waals surface area contributed by atoms with E-state index < -0.39 is 0 Å². The second-order valence-corrected chi connectivity index (χ2v) is 1.06. The molecule has 0 aromatic heterocycles. The molecule has 8 heavy (non-hydrogen) atoms. The van der Waals surface area contributed by atoms with E-state index in [0.29, 0.717) is 0 Å². The molecule has 1 atom stereocenters. The summed E-state index contributed by atoms with van der Waals surface area (Å²) < 4.78 is 0. The van der Waals surface area contributed by atoms with Gasteiger partial charge in [-0.05, 0) is 0 Å². The van der Waals surface area contributed by atoms with Gasteiger partial charge >= 0.3 is 0 Å². The van der Waals surface area contributed by atoms with Crippen LogP contribution in [0.5, 0.6) is 0 Å². The molecular formula is C3H14Cl2N2O. The van der Waals surface area contributed by atoms with E-state index in [9.17, 15) is 0 Å². The van der Waals surface area contributed by atoms with Crippen molar-refractivity contribution in [3.8, 4) is 0 Å². The number of aliphatic hydroxyl groups is 1. The first kappa shape index (κ1) is 23.7. The highest BCUT2D eigenvalue weighted by Gasteiger charge is 1.86. The first-order valence-electron chi connectivity index (χ1n) is 1.78. The third-order valence-electron chi connectivity index (χ3n) is 0.471. The number of hydrogen-bond donors (Lipinski definition) is 3. The number of quaternary nitrogens is 2. The van der Waals surface area contributed by atoms with Crippen LogP contribution in [0.15, 0.2) is 0 Å². The van der Waals surface area contributed by atoms with Crippen molar-refractivity contribution in [3.05, 3.63) is 0 Å². The van der Waals surface area contributed by atoms with Gasteiger partial charge in [0.25, 0.3) is 0 Å². The van der Waals surface area contributed by atoms with Crippen LogP contribution in [0.4, 0.5) is 0 Å². The summed E-state index contributed by atoms with van der Waals surface area (Å²) in [7, 11) is 0. The third kappa shape index (κ3) is 31.8. The Balaban J connectivity index is -0.0000000267. The largest absolute Gasteiger partial charge is 1.00 e. The predicted molar refractivity (Wildman–Crippen MR) is 25.2 cm³/mol. The maximum absolute atomic E-state index is 8.25. The lowest BCUT2D eigenvalue weighted by molar-refractivity contribution is -0.482. The van der Waals surface area contributed by atoms with Crippen LogP contribution in [-0.2, 0) is 0 Å². The highest BCUT2D eigenvalue weighted by molar-refractivity contribution is 4.19. The van der Waals surface area contributed by atoms with Crippen LogP contribution in [-0.4, -0.2) is 11.3 Å². The average Bonchev–Trinajstić information content (AvgIpc) is 1.38. The fraction of sp³-hybridized carbons (Fsp3) is 1.00. The Bertz CT molecular complexity index is 29.2. The van der Waals surface area contributed by atoms with Crippen molar-refractivity contribution in [2.24, 2.45) is 0 Å². The van der Waals surface area contributed by atoms with Crippen LogP contribution in [0.25, 0.3) is 0 Å². The molecule has 1 unspecified atom stereocenters.